The van der Waals surface area contributed by atoms with E-state index in [1.165, 1.54) is 4.90 Å². The Balaban J connectivity index is 0.000000816. The third-order valence-electron chi connectivity index (χ3n) is 3.42. The zero-order chi connectivity index (χ0) is 17.2. The second-order valence-corrected chi connectivity index (χ2v) is 4.94. The molecule has 1 heterocycles. The molecule has 0 aliphatic carbocycles. The molecule has 1 aliphatic rings. The molecule has 8 heteroatoms. The van der Waals surface area contributed by atoms with E-state index in [0.29, 0.717) is 13.0 Å². The van der Waals surface area contributed by atoms with Gasteiger partial charge in [0.25, 0.3) is 6.47 Å². The Bertz CT molecular complexity index is 493. The summed E-state index contributed by atoms with van der Waals surface area (Å²) in [4.78, 5) is 21.8. The number of rotatable bonds is 4. The van der Waals surface area contributed by atoms with Gasteiger partial charge >= 0.3 is 6.09 Å². The quantitative estimate of drug-likeness (QED) is 0.686. The molecule has 0 bridgehead atoms. The van der Waals surface area contributed by atoms with Gasteiger partial charge in [-0.1, -0.05) is 12.1 Å². The van der Waals surface area contributed by atoms with Crippen molar-refractivity contribution in [2.45, 2.75) is 25.2 Å². The molecule has 1 aliphatic heterocycles. The molecule has 23 heavy (non-hydrogen) atoms. The number of hydrogen-bond donors (Lipinski definition) is 3. The Morgan fingerprint density at radius 3 is 2.57 bits per heavy atom. The van der Waals surface area contributed by atoms with Crippen LogP contribution >= 0.6 is 0 Å². The fraction of sp³-hybridized carbons (Fsp3) is 0.467. The molecule has 1 fully saturated rings. The molecule has 0 aromatic heterocycles. The molecule has 8 nitrogen and oxygen atoms in total. The average Bonchev–Trinajstić information content (AvgIpc) is 2.95. The Labute approximate surface area is 134 Å². The lowest BCUT2D eigenvalue weighted by Gasteiger charge is -2.22. The molecule has 0 saturated carbocycles. The summed E-state index contributed by atoms with van der Waals surface area (Å²) < 4.78 is 10.3. The third kappa shape index (κ3) is 5.76. The number of carboxylic acid groups (broad SMARTS) is 1. The van der Waals surface area contributed by atoms with Gasteiger partial charge in [-0.3, -0.25) is 4.79 Å². The lowest BCUT2D eigenvalue weighted by molar-refractivity contribution is -0.122. The van der Waals surface area contributed by atoms with Crippen molar-refractivity contribution in [3.05, 3.63) is 29.8 Å². The van der Waals surface area contributed by atoms with Crippen LogP contribution in [0.1, 0.15) is 12.0 Å². The van der Waals surface area contributed by atoms with Crippen LogP contribution in [0.4, 0.5) is 4.79 Å². The zero-order valence-electron chi connectivity index (χ0n) is 12.9. The molecule has 1 aromatic rings. The summed E-state index contributed by atoms with van der Waals surface area (Å²) in [6.45, 7) is 0.546. The summed E-state index contributed by atoms with van der Waals surface area (Å²) in [5.74, 6) is 0.755. The molecule has 0 spiro atoms. The molecular formula is C15H22N2O6. The second-order valence-electron chi connectivity index (χ2n) is 4.94. The van der Waals surface area contributed by atoms with Crippen LogP contribution in [-0.4, -0.2) is 60.0 Å². The highest BCUT2D eigenvalue weighted by molar-refractivity contribution is 5.68. The number of benzene rings is 1. The van der Waals surface area contributed by atoms with Crippen LogP contribution in [0.15, 0.2) is 24.3 Å². The first-order valence-electron chi connectivity index (χ1n) is 7.08. The molecule has 0 radical (unpaired) electrons. The van der Waals surface area contributed by atoms with E-state index >= 15 is 0 Å². The minimum Gasteiger partial charge on any atom is -0.497 e. The number of amides is 1. The van der Waals surface area contributed by atoms with E-state index in [0.717, 1.165) is 11.3 Å². The van der Waals surface area contributed by atoms with Crippen molar-refractivity contribution in [1.82, 2.24) is 4.90 Å². The van der Waals surface area contributed by atoms with Crippen LogP contribution in [0, 0.1) is 0 Å². The van der Waals surface area contributed by atoms with Crippen LogP contribution in [0.5, 0.6) is 5.75 Å². The number of β-amino-alcohol motifs (C(OH)–C–C–N with tert-alkyl or cyclic N) is 1. The van der Waals surface area contributed by atoms with Crippen LogP contribution < -0.4 is 10.5 Å². The molecule has 2 atom stereocenters. The van der Waals surface area contributed by atoms with Gasteiger partial charge in [0.1, 0.15) is 12.4 Å². The van der Waals surface area contributed by atoms with Gasteiger partial charge in [0.15, 0.2) is 0 Å². The fourth-order valence-corrected chi connectivity index (χ4v) is 2.29. The van der Waals surface area contributed by atoms with Crippen LogP contribution in [0.3, 0.4) is 0 Å². The largest absolute Gasteiger partial charge is 0.497 e. The first-order valence-corrected chi connectivity index (χ1v) is 7.08. The predicted octanol–water partition coefficient (Wildman–Crippen LogP) is 0.427. The maximum atomic E-state index is 12.0. The van der Waals surface area contributed by atoms with Gasteiger partial charge in [0, 0.05) is 12.6 Å². The monoisotopic (exact) mass is 326 g/mol. The van der Waals surface area contributed by atoms with Crippen molar-refractivity contribution < 1.29 is 29.3 Å². The van der Waals surface area contributed by atoms with Crippen molar-refractivity contribution in [2.24, 2.45) is 5.73 Å². The number of hydrogen-bond acceptors (Lipinski definition) is 6. The maximum Gasteiger partial charge on any atom is 0.410 e. The van der Waals surface area contributed by atoms with Crippen molar-refractivity contribution in [3.63, 3.8) is 0 Å². The van der Waals surface area contributed by atoms with Crippen molar-refractivity contribution in [3.8, 4) is 5.75 Å². The molecule has 1 aromatic carbocycles. The minimum atomic E-state index is -0.517. The maximum absolute atomic E-state index is 12.0. The Morgan fingerprint density at radius 2 is 2.04 bits per heavy atom. The van der Waals surface area contributed by atoms with Gasteiger partial charge in [-0.15, -0.1) is 0 Å². The van der Waals surface area contributed by atoms with Crippen LogP contribution in [-0.2, 0) is 16.1 Å². The van der Waals surface area contributed by atoms with Gasteiger partial charge in [-0.05, 0) is 24.1 Å². The van der Waals surface area contributed by atoms with Gasteiger partial charge in [-0.2, -0.15) is 0 Å². The summed E-state index contributed by atoms with van der Waals surface area (Å²) in [6.07, 6.45) is -0.446. The zero-order valence-corrected chi connectivity index (χ0v) is 12.9. The Morgan fingerprint density at radius 1 is 1.43 bits per heavy atom. The molecular weight excluding hydrogens is 304 g/mol. The van der Waals surface area contributed by atoms with Crippen molar-refractivity contribution in [1.29, 1.82) is 0 Å². The number of aliphatic hydroxyl groups excluding tert-OH is 1. The van der Waals surface area contributed by atoms with Crippen LogP contribution in [0.2, 0.25) is 0 Å². The topological polar surface area (TPSA) is 122 Å². The highest BCUT2D eigenvalue weighted by Crippen LogP contribution is 2.19. The average molecular weight is 326 g/mol. The summed E-state index contributed by atoms with van der Waals surface area (Å²) in [5.41, 5.74) is 6.47. The SMILES string of the molecule is COc1ccc(COC(=O)N2C[C@H](O)C[C@H]2CN)cc1.O=CO. The number of likely N-dealkylation sites (tertiary alicyclic amines) is 1. The highest BCUT2D eigenvalue weighted by Gasteiger charge is 2.34. The van der Waals surface area contributed by atoms with E-state index < -0.39 is 12.2 Å². The summed E-state index contributed by atoms with van der Waals surface area (Å²) in [7, 11) is 1.60. The first-order chi connectivity index (χ1) is 11.0. The Hall–Kier alpha value is -2.32. The summed E-state index contributed by atoms with van der Waals surface area (Å²) >= 11 is 0. The number of nitrogens with zero attached hydrogens (tertiary/aromatic N) is 1. The van der Waals surface area contributed by atoms with Crippen LogP contribution in [0.25, 0.3) is 0 Å². The first kappa shape index (κ1) is 18.7. The van der Waals surface area contributed by atoms with E-state index in [4.69, 9.17) is 25.1 Å². The minimum absolute atomic E-state index is 0.145. The smallest absolute Gasteiger partial charge is 0.410 e. The van der Waals surface area contributed by atoms with E-state index in [2.05, 4.69) is 0 Å². The Kier molecular flexibility index (Phi) is 7.86. The normalized spacial score (nSPS) is 19.5. The van der Waals surface area contributed by atoms with Gasteiger partial charge in [0.2, 0.25) is 0 Å². The standard InChI is InChI=1S/C14H20N2O4.CH2O2/c1-19-13-4-2-10(3-5-13)9-20-14(18)16-8-12(17)6-11(16)7-15;2-1-3/h2-5,11-12,17H,6-9,15H2,1H3;1H,(H,2,3)/t11-,12+;/m0./s1. The molecule has 1 saturated heterocycles. The number of carbonyl (C=O) groups excluding carboxylic acids is 1. The lowest BCUT2D eigenvalue weighted by Crippen LogP contribution is -2.40. The number of ether oxygens (including phenoxy) is 2. The van der Waals surface area contributed by atoms with E-state index in [9.17, 15) is 9.90 Å². The van der Waals surface area contributed by atoms with Gasteiger partial charge in [-0.25, -0.2) is 4.79 Å². The molecule has 2 rings (SSSR count). The van der Waals surface area contributed by atoms with E-state index in [1.54, 1.807) is 7.11 Å². The van der Waals surface area contributed by atoms with E-state index in [1.807, 2.05) is 24.3 Å². The van der Waals surface area contributed by atoms with E-state index in [-0.39, 0.29) is 25.7 Å². The lowest BCUT2D eigenvalue weighted by atomic mass is 10.2. The number of carbonyl (C=O) groups is 2. The van der Waals surface area contributed by atoms with Gasteiger partial charge < -0.3 is 30.3 Å². The third-order valence-corrected chi connectivity index (χ3v) is 3.42. The van der Waals surface area contributed by atoms with Crippen molar-refractivity contribution >= 4 is 12.6 Å². The number of methoxy groups -OCH3 is 1. The number of aliphatic hydroxyl groups is 1. The molecule has 0 unspecified atom stereocenters. The number of nitrogens with two attached hydrogens (primary N) is 1. The highest BCUT2D eigenvalue weighted by atomic mass is 16.6. The van der Waals surface area contributed by atoms with Crippen molar-refractivity contribution in [2.75, 3.05) is 20.2 Å². The predicted molar refractivity (Wildman–Crippen MR) is 82.0 cm³/mol. The summed E-state index contributed by atoms with van der Waals surface area (Å²) in [5, 5.41) is 16.5. The molecule has 128 valence electrons. The fourth-order valence-electron chi connectivity index (χ4n) is 2.29. The molecule has 1 amide bonds. The second kappa shape index (κ2) is 9.65. The summed E-state index contributed by atoms with van der Waals surface area (Å²) in [6, 6.07) is 7.15. The molecule has 4 N–H and O–H groups in total. The van der Waals surface area contributed by atoms with Gasteiger partial charge in [0.05, 0.1) is 19.8 Å².